The molecule has 2 unspecified atom stereocenters. The first-order valence-corrected chi connectivity index (χ1v) is 5.21. The lowest BCUT2D eigenvalue weighted by molar-refractivity contribution is -0.384. The van der Waals surface area contributed by atoms with Crippen molar-refractivity contribution in [1.29, 1.82) is 0 Å². The van der Waals surface area contributed by atoms with Gasteiger partial charge < -0.3 is 10.6 Å². The normalized spacial score (nSPS) is 22.6. The Labute approximate surface area is 93.2 Å². The molecule has 0 spiro atoms. The number of aromatic nitrogens is 1. The zero-order chi connectivity index (χ0) is 11.7. The summed E-state index contributed by atoms with van der Waals surface area (Å²) < 4.78 is 0. The van der Waals surface area contributed by atoms with Gasteiger partial charge in [0.2, 0.25) is 5.82 Å². The van der Waals surface area contributed by atoms with Crippen LogP contribution >= 0.6 is 0 Å². The highest BCUT2D eigenvalue weighted by Crippen LogP contribution is 2.35. The maximum atomic E-state index is 10.8. The Morgan fingerprint density at radius 3 is 2.75 bits per heavy atom. The maximum Gasteiger partial charge on any atom is 0.311 e. The van der Waals surface area contributed by atoms with E-state index in [1.54, 1.807) is 13.1 Å². The fourth-order valence-corrected chi connectivity index (χ4v) is 1.54. The molecule has 1 heterocycles. The van der Waals surface area contributed by atoms with E-state index in [0.29, 0.717) is 23.6 Å². The van der Waals surface area contributed by atoms with E-state index in [9.17, 15) is 10.1 Å². The summed E-state index contributed by atoms with van der Waals surface area (Å²) in [7, 11) is 1.73. The monoisotopic (exact) mass is 222 g/mol. The molecular weight excluding hydrogens is 208 g/mol. The number of nitrogens with zero attached hydrogens (tertiary/aromatic N) is 2. The summed E-state index contributed by atoms with van der Waals surface area (Å²) in [6, 6.07) is 3.38. The molecule has 0 saturated heterocycles. The summed E-state index contributed by atoms with van der Waals surface area (Å²) in [5, 5.41) is 16.8. The van der Waals surface area contributed by atoms with Crippen molar-refractivity contribution in [3.05, 3.63) is 22.2 Å². The van der Waals surface area contributed by atoms with Crippen LogP contribution in [0.5, 0.6) is 0 Å². The fraction of sp³-hybridized carbons (Fsp3) is 0.500. The van der Waals surface area contributed by atoms with E-state index in [-0.39, 0.29) is 5.69 Å². The number of nitro groups is 1. The van der Waals surface area contributed by atoms with Crippen molar-refractivity contribution in [3.63, 3.8) is 0 Å². The Hall–Kier alpha value is -1.85. The quantitative estimate of drug-likeness (QED) is 0.600. The van der Waals surface area contributed by atoms with Crippen LogP contribution in [0.15, 0.2) is 12.1 Å². The Bertz CT molecular complexity index is 421. The van der Waals surface area contributed by atoms with E-state index in [1.165, 1.54) is 6.07 Å². The predicted octanol–water partition coefficient (Wildman–Crippen LogP) is 1.85. The Morgan fingerprint density at radius 2 is 2.25 bits per heavy atom. The highest BCUT2D eigenvalue weighted by molar-refractivity contribution is 5.61. The van der Waals surface area contributed by atoms with Crippen molar-refractivity contribution in [2.24, 2.45) is 5.92 Å². The van der Waals surface area contributed by atoms with Crippen LogP contribution in [0.3, 0.4) is 0 Å². The number of anilines is 2. The molecule has 2 rings (SSSR count). The van der Waals surface area contributed by atoms with Crippen LogP contribution in [0.2, 0.25) is 0 Å². The maximum absolute atomic E-state index is 10.8. The first-order chi connectivity index (χ1) is 7.61. The van der Waals surface area contributed by atoms with Crippen molar-refractivity contribution >= 4 is 17.3 Å². The van der Waals surface area contributed by atoms with E-state index >= 15 is 0 Å². The average molecular weight is 222 g/mol. The van der Waals surface area contributed by atoms with E-state index in [0.717, 1.165) is 6.42 Å². The summed E-state index contributed by atoms with van der Waals surface area (Å²) in [5.41, 5.74) is 0.0260. The second-order valence-corrected chi connectivity index (χ2v) is 4.04. The molecule has 0 aliphatic heterocycles. The van der Waals surface area contributed by atoms with Crippen molar-refractivity contribution in [3.8, 4) is 0 Å². The van der Waals surface area contributed by atoms with Crippen LogP contribution in [-0.2, 0) is 0 Å². The molecule has 6 heteroatoms. The minimum atomic E-state index is -0.415. The number of hydrogen-bond donors (Lipinski definition) is 2. The molecule has 1 aromatic rings. The third-order valence-electron chi connectivity index (χ3n) is 2.76. The van der Waals surface area contributed by atoms with Crippen molar-refractivity contribution in [2.75, 3.05) is 17.7 Å². The van der Waals surface area contributed by atoms with Crippen LogP contribution in [0.25, 0.3) is 0 Å². The van der Waals surface area contributed by atoms with Gasteiger partial charge in [0.05, 0.1) is 4.92 Å². The van der Waals surface area contributed by atoms with Gasteiger partial charge in [-0.25, -0.2) is 4.98 Å². The molecule has 6 nitrogen and oxygen atoms in total. The van der Waals surface area contributed by atoms with E-state index < -0.39 is 4.92 Å². The lowest BCUT2D eigenvalue weighted by Crippen LogP contribution is -2.09. The molecule has 1 fully saturated rings. The van der Waals surface area contributed by atoms with Gasteiger partial charge in [-0.05, 0) is 18.4 Å². The van der Waals surface area contributed by atoms with Crippen molar-refractivity contribution in [2.45, 2.75) is 19.4 Å². The van der Waals surface area contributed by atoms with Crippen LogP contribution in [-0.4, -0.2) is 23.0 Å². The SMILES string of the molecule is CNc1ccc([N+](=O)[O-])c(NC2CC2C)n1. The second-order valence-electron chi connectivity index (χ2n) is 4.04. The molecular formula is C10H14N4O2. The molecule has 1 aliphatic rings. The van der Waals surface area contributed by atoms with Crippen molar-refractivity contribution < 1.29 is 4.92 Å². The minimum absolute atomic E-state index is 0.0260. The van der Waals surface area contributed by atoms with Crippen molar-refractivity contribution in [1.82, 2.24) is 4.98 Å². The summed E-state index contributed by atoms with van der Waals surface area (Å²) in [6.07, 6.45) is 1.04. The van der Waals surface area contributed by atoms with Crippen LogP contribution in [0.1, 0.15) is 13.3 Å². The van der Waals surface area contributed by atoms with Gasteiger partial charge in [0, 0.05) is 19.2 Å². The van der Waals surface area contributed by atoms with E-state index in [1.807, 2.05) is 0 Å². The summed E-state index contributed by atoms with van der Waals surface area (Å²) in [5.74, 6) is 1.55. The number of pyridine rings is 1. The molecule has 1 saturated carbocycles. The fourth-order valence-electron chi connectivity index (χ4n) is 1.54. The lowest BCUT2D eigenvalue weighted by atomic mass is 10.3. The number of hydrogen-bond acceptors (Lipinski definition) is 5. The third-order valence-corrected chi connectivity index (χ3v) is 2.76. The van der Waals surface area contributed by atoms with Crippen LogP contribution in [0, 0.1) is 16.0 Å². The van der Waals surface area contributed by atoms with E-state index in [4.69, 9.17) is 0 Å². The van der Waals surface area contributed by atoms with Gasteiger partial charge in [-0.1, -0.05) is 6.92 Å². The molecule has 0 radical (unpaired) electrons. The second kappa shape index (κ2) is 3.96. The highest BCUT2D eigenvalue weighted by Gasteiger charge is 2.34. The topological polar surface area (TPSA) is 80.1 Å². The van der Waals surface area contributed by atoms with Gasteiger partial charge in [-0.3, -0.25) is 10.1 Å². The zero-order valence-corrected chi connectivity index (χ0v) is 9.23. The zero-order valence-electron chi connectivity index (χ0n) is 9.23. The molecule has 16 heavy (non-hydrogen) atoms. The summed E-state index contributed by atoms with van der Waals surface area (Å²) in [4.78, 5) is 14.6. The molecule has 1 aromatic heterocycles. The Morgan fingerprint density at radius 1 is 1.56 bits per heavy atom. The van der Waals surface area contributed by atoms with E-state index in [2.05, 4.69) is 22.5 Å². The molecule has 0 bridgehead atoms. The Kier molecular flexibility index (Phi) is 2.64. The largest absolute Gasteiger partial charge is 0.373 e. The van der Waals surface area contributed by atoms with Gasteiger partial charge in [-0.15, -0.1) is 0 Å². The predicted molar refractivity (Wildman–Crippen MR) is 61.6 cm³/mol. The van der Waals surface area contributed by atoms with Gasteiger partial charge >= 0.3 is 5.69 Å². The lowest BCUT2D eigenvalue weighted by Gasteiger charge is -2.07. The molecule has 2 N–H and O–H groups in total. The molecule has 0 amide bonds. The summed E-state index contributed by atoms with van der Waals surface area (Å²) >= 11 is 0. The van der Waals surface area contributed by atoms with Crippen LogP contribution in [0.4, 0.5) is 17.3 Å². The molecule has 0 aromatic carbocycles. The smallest absolute Gasteiger partial charge is 0.311 e. The first-order valence-electron chi connectivity index (χ1n) is 5.21. The van der Waals surface area contributed by atoms with Crippen LogP contribution < -0.4 is 10.6 Å². The van der Waals surface area contributed by atoms with Gasteiger partial charge in [0.25, 0.3) is 0 Å². The summed E-state index contributed by atoms with van der Waals surface area (Å²) in [6.45, 7) is 2.10. The molecule has 86 valence electrons. The highest BCUT2D eigenvalue weighted by atomic mass is 16.6. The average Bonchev–Trinajstić information content (AvgIpc) is 2.93. The standard InChI is InChI=1S/C10H14N4O2/c1-6-5-7(6)12-10-8(14(15)16)3-4-9(11-2)13-10/h3-4,6-7H,5H2,1-2H3,(H2,11,12,13). The van der Waals surface area contributed by atoms with Gasteiger partial charge in [-0.2, -0.15) is 0 Å². The number of nitrogens with one attached hydrogen (secondary N) is 2. The third kappa shape index (κ3) is 2.05. The number of rotatable bonds is 4. The molecule has 1 aliphatic carbocycles. The minimum Gasteiger partial charge on any atom is -0.373 e. The Balaban J connectivity index is 2.26. The van der Waals surface area contributed by atoms with Gasteiger partial charge in [0.15, 0.2) is 0 Å². The van der Waals surface area contributed by atoms with Gasteiger partial charge in [0.1, 0.15) is 5.82 Å². The first kappa shape index (κ1) is 10.7. The molecule has 2 atom stereocenters.